The molecule has 2 N–H and O–H groups in total. The van der Waals surface area contributed by atoms with Crippen LogP contribution in [0.4, 0.5) is 0 Å². The van der Waals surface area contributed by atoms with Crippen LogP contribution in [0.1, 0.15) is 23.1 Å². The van der Waals surface area contributed by atoms with Gasteiger partial charge in [-0.15, -0.1) is 0 Å². The molecule has 7 heteroatoms. The Morgan fingerprint density at radius 1 is 0.725 bits per heavy atom. The maximum atomic E-state index is 14.3. The highest BCUT2D eigenvalue weighted by Gasteiger charge is 2.41. The second-order valence-corrected chi connectivity index (χ2v) is 10.5. The predicted octanol–water partition coefficient (Wildman–Crippen LogP) is 4.82. The number of nitrogens with two attached hydrogens (primary N) is 1. The summed E-state index contributed by atoms with van der Waals surface area (Å²) in [5.41, 5.74) is 11.5. The van der Waals surface area contributed by atoms with Crippen molar-refractivity contribution < 1.29 is 14.3 Å². The quantitative estimate of drug-likeness (QED) is 0.339. The molecule has 3 aromatic carbocycles. The number of fused-ring (bicyclic) bond motifs is 12. The minimum Gasteiger partial charge on any atom is -0.375 e. The lowest BCUT2D eigenvalue weighted by atomic mass is 9.95. The normalized spacial score (nSPS) is 18.0. The van der Waals surface area contributed by atoms with Gasteiger partial charge >= 0.3 is 0 Å². The third kappa shape index (κ3) is 3.97. The summed E-state index contributed by atoms with van der Waals surface area (Å²) >= 11 is 0. The second-order valence-electron chi connectivity index (χ2n) is 10.5. The van der Waals surface area contributed by atoms with Crippen molar-refractivity contribution in [3.05, 3.63) is 108 Å². The number of benzene rings is 3. The minimum absolute atomic E-state index is 0.0836. The van der Waals surface area contributed by atoms with E-state index in [1.807, 2.05) is 85.2 Å². The Kier molecular flexibility index (Phi) is 6.10. The Bertz CT molecular complexity index is 1800. The number of ether oxygens (including phenoxy) is 1. The van der Waals surface area contributed by atoms with Crippen LogP contribution in [0.3, 0.4) is 0 Å². The van der Waals surface area contributed by atoms with Gasteiger partial charge in [0.25, 0.3) is 11.8 Å². The summed E-state index contributed by atoms with van der Waals surface area (Å²) in [4.78, 5) is 30.0. The van der Waals surface area contributed by atoms with Gasteiger partial charge in [-0.05, 0) is 24.1 Å². The average molecular weight is 531 g/mol. The number of nitrogens with zero attached hydrogens (tertiary/aromatic N) is 3. The molecule has 0 fully saturated rings. The topological polar surface area (TPSA) is 82.5 Å². The standard InChI is InChI=1S/C33H30N4O3/c34-18-23-14-15-35-20-26(24-10-4-6-12-28(24)35)30-31(33(39)37(32(30)38)19-22-8-2-1-3-9-22)27-21-36(16-17-40-23)29-13-7-5-11-25(27)29/h1-13,20-21,23H,14-19,34H2/t23-/m0/s1. The van der Waals surface area contributed by atoms with Gasteiger partial charge in [-0.3, -0.25) is 14.5 Å². The van der Waals surface area contributed by atoms with Crippen LogP contribution in [0.5, 0.6) is 0 Å². The third-order valence-corrected chi connectivity index (χ3v) is 8.11. The van der Waals surface area contributed by atoms with Gasteiger partial charge in [-0.1, -0.05) is 66.7 Å². The SMILES string of the molecule is NC[C@@H]1CCn2cc(c3ccccc32)C2=C(C(=O)N(Cc3ccccc3)C2=O)c2cn(c3ccccc23)CCO1. The second kappa shape index (κ2) is 9.93. The van der Waals surface area contributed by atoms with E-state index < -0.39 is 0 Å². The molecule has 7 nitrogen and oxygen atoms in total. The van der Waals surface area contributed by atoms with Crippen LogP contribution in [-0.2, 0) is 34.0 Å². The fourth-order valence-electron chi connectivity index (χ4n) is 6.12. The molecule has 4 heterocycles. The first-order chi connectivity index (χ1) is 19.6. The zero-order valence-corrected chi connectivity index (χ0v) is 22.1. The molecular formula is C33H30N4O3. The van der Waals surface area contributed by atoms with Crippen molar-refractivity contribution in [3.63, 3.8) is 0 Å². The lowest BCUT2D eigenvalue weighted by Gasteiger charge is -2.17. The van der Waals surface area contributed by atoms with Crippen LogP contribution in [0.25, 0.3) is 33.0 Å². The molecule has 1 atom stereocenters. The van der Waals surface area contributed by atoms with Gasteiger partial charge in [0.1, 0.15) is 0 Å². The molecule has 0 saturated heterocycles. The molecule has 0 spiro atoms. The number of rotatable bonds is 3. The molecule has 5 aromatic rings. The summed E-state index contributed by atoms with van der Waals surface area (Å²) < 4.78 is 10.5. The summed E-state index contributed by atoms with van der Waals surface area (Å²) in [5, 5.41) is 1.88. The van der Waals surface area contributed by atoms with E-state index in [0.29, 0.717) is 37.4 Å². The number of carbonyl (C=O) groups is 2. The number of hydrogen-bond donors (Lipinski definition) is 1. The van der Waals surface area contributed by atoms with E-state index in [-0.39, 0.29) is 24.5 Å². The van der Waals surface area contributed by atoms with Crippen LogP contribution in [0, 0.1) is 0 Å². The molecule has 2 aliphatic rings. The monoisotopic (exact) mass is 530 g/mol. The van der Waals surface area contributed by atoms with Gasteiger partial charge in [-0.2, -0.15) is 0 Å². The fourth-order valence-corrected chi connectivity index (χ4v) is 6.12. The third-order valence-electron chi connectivity index (χ3n) is 8.11. The summed E-state index contributed by atoms with van der Waals surface area (Å²) in [6, 6.07) is 25.8. The Hall–Kier alpha value is -4.46. The molecule has 40 heavy (non-hydrogen) atoms. The number of aromatic nitrogens is 2. The van der Waals surface area contributed by atoms with Crippen molar-refractivity contribution in [2.45, 2.75) is 32.2 Å². The van der Waals surface area contributed by atoms with Crippen molar-refractivity contribution >= 4 is 44.8 Å². The van der Waals surface area contributed by atoms with Crippen LogP contribution >= 0.6 is 0 Å². The Balaban J connectivity index is 1.49. The number of para-hydroxylation sites is 2. The molecule has 0 unspecified atom stereocenters. The first-order valence-corrected chi connectivity index (χ1v) is 13.8. The molecular weight excluding hydrogens is 500 g/mol. The van der Waals surface area contributed by atoms with E-state index in [9.17, 15) is 9.59 Å². The zero-order valence-electron chi connectivity index (χ0n) is 22.1. The van der Waals surface area contributed by atoms with Gasteiger partial charge in [-0.25, -0.2) is 0 Å². The fraction of sp³-hybridized carbons (Fsp3) is 0.212. The lowest BCUT2D eigenvalue weighted by Crippen LogP contribution is -2.30. The Labute approximate surface area is 232 Å². The number of aryl methyl sites for hydroxylation is 1. The van der Waals surface area contributed by atoms with Crippen molar-refractivity contribution in [2.75, 3.05) is 13.2 Å². The smallest absolute Gasteiger partial charge is 0.262 e. The summed E-state index contributed by atoms with van der Waals surface area (Å²) in [7, 11) is 0. The zero-order chi connectivity index (χ0) is 27.2. The summed E-state index contributed by atoms with van der Waals surface area (Å²) in [6.07, 6.45) is 4.68. The van der Waals surface area contributed by atoms with E-state index in [0.717, 1.165) is 44.9 Å². The van der Waals surface area contributed by atoms with E-state index >= 15 is 0 Å². The molecule has 0 saturated carbocycles. The first kappa shape index (κ1) is 24.6. The van der Waals surface area contributed by atoms with Gasteiger partial charge in [0.05, 0.1) is 30.4 Å². The number of hydrogen-bond acceptors (Lipinski definition) is 4. The highest BCUT2D eigenvalue weighted by atomic mass is 16.5. The van der Waals surface area contributed by atoms with Crippen molar-refractivity contribution in [1.82, 2.24) is 14.0 Å². The van der Waals surface area contributed by atoms with E-state index in [2.05, 4.69) is 15.2 Å². The Morgan fingerprint density at radius 3 is 1.88 bits per heavy atom. The highest BCUT2D eigenvalue weighted by molar-refractivity contribution is 6.50. The van der Waals surface area contributed by atoms with Crippen molar-refractivity contribution in [3.8, 4) is 0 Å². The van der Waals surface area contributed by atoms with Crippen LogP contribution in [0.2, 0.25) is 0 Å². The minimum atomic E-state index is -0.268. The van der Waals surface area contributed by atoms with Gasteiger partial charge in [0.15, 0.2) is 0 Å². The lowest BCUT2D eigenvalue weighted by molar-refractivity contribution is -0.136. The summed E-state index contributed by atoms with van der Waals surface area (Å²) in [5.74, 6) is -0.533. The summed E-state index contributed by atoms with van der Waals surface area (Å²) in [6.45, 7) is 2.45. The van der Waals surface area contributed by atoms with E-state index in [1.165, 1.54) is 4.90 Å². The number of amides is 2. The molecule has 2 aliphatic heterocycles. The number of imide groups is 1. The van der Waals surface area contributed by atoms with Gasteiger partial charge in [0, 0.05) is 65.0 Å². The maximum Gasteiger partial charge on any atom is 0.262 e. The molecule has 2 aromatic heterocycles. The highest BCUT2D eigenvalue weighted by Crippen LogP contribution is 2.42. The molecule has 0 radical (unpaired) electrons. The molecule has 0 aliphatic carbocycles. The number of carbonyl (C=O) groups excluding carboxylic acids is 2. The van der Waals surface area contributed by atoms with Gasteiger partial charge in [0.2, 0.25) is 0 Å². The van der Waals surface area contributed by atoms with Crippen molar-refractivity contribution in [2.24, 2.45) is 5.73 Å². The van der Waals surface area contributed by atoms with Crippen molar-refractivity contribution in [1.29, 1.82) is 0 Å². The first-order valence-electron chi connectivity index (χ1n) is 13.8. The molecule has 4 bridgehead atoms. The maximum absolute atomic E-state index is 14.3. The molecule has 2 amide bonds. The Morgan fingerprint density at radius 2 is 1.27 bits per heavy atom. The molecule has 200 valence electrons. The van der Waals surface area contributed by atoms with E-state index in [1.54, 1.807) is 0 Å². The predicted molar refractivity (Wildman–Crippen MR) is 156 cm³/mol. The van der Waals surface area contributed by atoms with Crippen LogP contribution < -0.4 is 5.73 Å². The van der Waals surface area contributed by atoms with Crippen LogP contribution in [-0.4, -0.2) is 45.1 Å². The largest absolute Gasteiger partial charge is 0.375 e. The van der Waals surface area contributed by atoms with Gasteiger partial charge < -0.3 is 19.6 Å². The average Bonchev–Trinajstić information content (AvgIpc) is 3.61. The van der Waals surface area contributed by atoms with E-state index in [4.69, 9.17) is 10.5 Å². The van der Waals surface area contributed by atoms with Crippen LogP contribution in [0.15, 0.2) is 91.3 Å². The molecule has 7 rings (SSSR count).